The maximum absolute atomic E-state index is 13.4. The van der Waals surface area contributed by atoms with Gasteiger partial charge in [0.2, 0.25) is 0 Å². The molecule has 1 fully saturated rings. The summed E-state index contributed by atoms with van der Waals surface area (Å²) < 4.78 is 39.2. The van der Waals surface area contributed by atoms with E-state index in [2.05, 4.69) is 11.4 Å². The highest BCUT2D eigenvalue weighted by Gasteiger charge is 2.35. The molecule has 0 aromatic heterocycles. The van der Waals surface area contributed by atoms with Gasteiger partial charge in [0.25, 0.3) is 11.8 Å². The molecule has 1 saturated heterocycles. The summed E-state index contributed by atoms with van der Waals surface area (Å²) in [5, 5.41) is 12.7. The van der Waals surface area contributed by atoms with Crippen LogP contribution in [0, 0.1) is 11.3 Å². The molecule has 0 spiro atoms. The molecule has 3 aromatic carbocycles. The van der Waals surface area contributed by atoms with Crippen LogP contribution in [0.5, 0.6) is 0 Å². The fraction of sp³-hybridized carbons (Fsp3) is 0.300. The van der Waals surface area contributed by atoms with Crippen molar-refractivity contribution in [2.24, 2.45) is 5.73 Å². The Morgan fingerprint density at radius 3 is 2.46 bits per heavy atom. The molecule has 41 heavy (non-hydrogen) atoms. The van der Waals surface area contributed by atoms with Crippen molar-refractivity contribution in [3.05, 3.63) is 87.9 Å². The minimum atomic E-state index is -4.57. The minimum absolute atomic E-state index is 0.0104. The number of benzene rings is 3. The van der Waals surface area contributed by atoms with Crippen molar-refractivity contribution in [1.29, 1.82) is 5.26 Å². The normalized spacial score (nSPS) is 15.4. The fourth-order valence-electron chi connectivity index (χ4n) is 5.05. The number of nitrogens with two attached hydrogens (primary N) is 1. The molecule has 2 amide bonds. The number of rotatable bonds is 7. The van der Waals surface area contributed by atoms with Gasteiger partial charge in [0, 0.05) is 44.3 Å². The van der Waals surface area contributed by atoms with Gasteiger partial charge in [-0.05, 0) is 36.2 Å². The average Bonchev–Trinajstić information content (AvgIpc) is 2.98. The maximum atomic E-state index is 13.4. The first kappa shape index (κ1) is 29.9. The highest BCUT2D eigenvalue weighted by molar-refractivity contribution is 6.33. The van der Waals surface area contributed by atoms with E-state index >= 15 is 0 Å². The second-order valence-corrected chi connectivity index (χ2v) is 10.0. The molecular formula is C30H29ClF3N5O2. The van der Waals surface area contributed by atoms with E-state index in [1.807, 2.05) is 54.3 Å². The molecule has 3 aromatic rings. The Balaban J connectivity index is 1.68. The molecule has 0 aliphatic carbocycles. The number of alkyl halides is 3. The standard InChI is InChI=1S/C30H29ClF3N5O2/c1-2-21-18-38(29(41)23-9-8-20(16-25(23)31)30(32,33)34)14-15-39(21)26-11-10-22(19-6-4-3-5-7-19)24(17-36)27(26)28(40)37-13-12-35/h3-11,16,21H,2,12-15,18,35H2,1H3,(H,37,40)/t21-/m1/s1. The summed E-state index contributed by atoms with van der Waals surface area (Å²) >= 11 is 6.10. The number of hydrogen-bond acceptors (Lipinski definition) is 5. The van der Waals surface area contributed by atoms with Crippen molar-refractivity contribution in [1.82, 2.24) is 10.2 Å². The fourth-order valence-corrected chi connectivity index (χ4v) is 5.31. The van der Waals surface area contributed by atoms with Crippen molar-refractivity contribution < 1.29 is 22.8 Å². The summed E-state index contributed by atoms with van der Waals surface area (Å²) in [5.74, 6) is -0.899. The second-order valence-electron chi connectivity index (χ2n) is 9.60. The molecule has 1 atom stereocenters. The Hall–Kier alpha value is -4.07. The molecule has 7 nitrogen and oxygen atoms in total. The maximum Gasteiger partial charge on any atom is 0.416 e. The summed E-state index contributed by atoms with van der Waals surface area (Å²) in [5.41, 5.74) is 7.10. The van der Waals surface area contributed by atoms with E-state index in [4.69, 9.17) is 17.3 Å². The smallest absolute Gasteiger partial charge is 0.364 e. The monoisotopic (exact) mass is 583 g/mol. The number of nitrogens with one attached hydrogen (secondary N) is 1. The van der Waals surface area contributed by atoms with Crippen LogP contribution in [0.4, 0.5) is 18.9 Å². The Morgan fingerprint density at radius 2 is 1.85 bits per heavy atom. The number of carbonyl (C=O) groups is 2. The van der Waals surface area contributed by atoms with Crippen LogP contribution in [0.1, 0.15) is 45.2 Å². The molecule has 0 unspecified atom stereocenters. The number of halogens is 4. The summed E-state index contributed by atoms with van der Waals surface area (Å²) in [7, 11) is 0. The summed E-state index contributed by atoms with van der Waals surface area (Å²) in [4.78, 5) is 30.3. The van der Waals surface area contributed by atoms with Crippen LogP contribution in [-0.2, 0) is 6.18 Å². The number of nitrogens with zero attached hydrogens (tertiary/aromatic N) is 3. The molecule has 1 heterocycles. The van der Waals surface area contributed by atoms with Crippen LogP contribution in [0.3, 0.4) is 0 Å². The first-order chi connectivity index (χ1) is 19.6. The number of anilines is 1. The van der Waals surface area contributed by atoms with Gasteiger partial charge in [0.15, 0.2) is 0 Å². The minimum Gasteiger partial charge on any atom is -0.364 e. The van der Waals surface area contributed by atoms with E-state index in [0.717, 1.165) is 23.8 Å². The van der Waals surface area contributed by atoms with Crippen LogP contribution in [0.25, 0.3) is 11.1 Å². The Morgan fingerprint density at radius 1 is 1.12 bits per heavy atom. The molecule has 0 bridgehead atoms. The molecule has 4 rings (SSSR count). The van der Waals surface area contributed by atoms with E-state index in [1.165, 1.54) is 0 Å². The molecule has 1 aliphatic rings. The van der Waals surface area contributed by atoms with Crippen molar-refractivity contribution in [2.75, 3.05) is 37.6 Å². The molecule has 11 heteroatoms. The van der Waals surface area contributed by atoms with E-state index in [1.54, 1.807) is 4.90 Å². The lowest BCUT2D eigenvalue weighted by Crippen LogP contribution is -2.55. The lowest BCUT2D eigenvalue weighted by atomic mass is 9.92. The van der Waals surface area contributed by atoms with Crippen LogP contribution >= 0.6 is 11.6 Å². The quantitative estimate of drug-likeness (QED) is 0.392. The third kappa shape index (κ3) is 6.32. The summed E-state index contributed by atoms with van der Waals surface area (Å²) in [6.07, 6.45) is -3.98. The van der Waals surface area contributed by atoms with Gasteiger partial charge in [-0.2, -0.15) is 18.4 Å². The van der Waals surface area contributed by atoms with Crippen molar-refractivity contribution in [2.45, 2.75) is 25.6 Å². The number of amides is 2. The number of carbonyl (C=O) groups excluding carboxylic acids is 2. The van der Waals surface area contributed by atoms with Gasteiger partial charge in [-0.15, -0.1) is 0 Å². The molecule has 0 radical (unpaired) electrons. The zero-order valence-corrected chi connectivity index (χ0v) is 23.1. The van der Waals surface area contributed by atoms with Gasteiger partial charge in [-0.25, -0.2) is 0 Å². The largest absolute Gasteiger partial charge is 0.416 e. The van der Waals surface area contributed by atoms with E-state index < -0.39 is 23.6 Å². The van der Waals surface area contributed by atoms with E-state index in [0.29, 0.717) is 24.2 Å². The lowest BCUT2D eigenvalue weighted by Gasteiger charge is -2.43. The topological polar surface area (TPSA) is 102 Å². The van der Waals surface area contributed by atoms with Crippen molar-refractivity contribution in [3.63, 3.8) is 0 Å². The second kappa shape index (κ2) is 12.6. The molecule has 0 saturated carbocycles. The first-order valence-electron chi connectivity index (χ1n) is 13.1. The number of hydrogen-bond donors (Lipinski definition) is 2. The predicted molar refractivity (Wildman–Crippen MR) is 152 cm³/mol. The van der Waals surface area contributed by atoms with Gasteiger partial charge in [-0.3, -0.25) is 9.59 Å². The van der Waals surface area contributed by atoms with Crippen molar-refractivity contribution in [3.8, 4) is 17.2 Å². The SMILES string of the molecule is CC[C@@H]1CN(C(=O)c2ccc(C(F)(F)F)cc2Cl)CCN1c1ccc(-c2ccccc2)c(C#N)c1C(=O)NCCN. The Kier molecular flexibility index (Phi) is 9.21. The highest BCUT2D eigenvalue weighted by Crippen LogP contribution is 2.36. The number of piperazine rings is 1. The van der Waals surface area contributed by atoms with Gasteiger partial charge in [0.05, 0.1) is 33.0 Å². The Labute approximate surface area is 241 Å². The lowest BCUT2D eigenvalue weighted by molar-refractivity contribution is -0.137. The predicted octanol–water partition coefficient (Wildman–Crippen LogP) is 5.33. The zero-order chi connectivity index (χ0) is 29.7. The van der Waals surface area contributed by atoms with E-state index in [-0.39, 0.29) is 53.9 Å². The van der Waals surface area contributed by atoms with E-state index in [9.17, 15) is 28.0 Å². The number of nitriles is 1. The molecular weight excluding hydrogens is 555 g/mol. The van der Waals surface area contributed by atoms with Gasteiger partial charge in [-0.1, -0.05) is 54.9 Å². The van der Waals surface area contributed by atoms with Crippen LogP contribution in [0.15, 0.2) is 60.7 Å². The molecule has 214 valence electrons. The average molecular weight is 584 g/mol. The highest BCUT2D eigenvalue weighted by atomic mass is 35.5. The van der Waals surface area contributed by atoms with Gasteiger partial charge in [0.1, 0.15) is 6.07 Å². The zero-order valence-electron chi connectivity index (χ0n) is 22.3. The van der Waals surface area contributed by atoms with Gasteiger partial charge >= 0.3 is 6.18 Å². The van der Waals surface area contributed by atoms with Crippen LogP contribution in [0.2, 0.25) is 5.02 Å². The molecule has 1 aliphatic heterocycles. The Bertz CT molecular complexity index is 1470. The van der Waals surface area contributed by atoms with Crippen LogP contribution in [-0.4, -0.2) is 55.5 Å². The third-order valence-electron chi connectivity index (χ3n) is 7.11. The van der Waals surface area contributed by atoms with Crippen LogP contribution < -0.4 is 16.0 Å². The summed E-state index contributed by atoms with van der Waals surface area (Å²) in [6, 6.07) is 17.6. The van der Waals surface area contributed by atoms with Crippen molar-refractivity contribution >= 4 is 29.1 Å². The first-order valence-corrected chi connectivity index (χ1v) is 13.5. The van der Waals surface area contributed by atoms with Gasteiger partial charge < -0.3 is 20.9 Å². The summed E-state index contributed by atoms with van der Waals surface area (Å²) in [6.45, 7) is 3.21. The third-order valence-corrected chi connectivity index (χ3v) is 7.43. The molecule has 3 N–H and O–H groups in total.